The Bertz CT molecular complexity index is 631. The van der Waals surface area contributed by atoms with Crippen LogP contribution in [0.3, 0.4) is 0 Å². The second kappa shape index (κ2) is 5.21. The first-order chi connectivity index (χ1) is 9.02. The smallest absolute Gasteiger partial charge is 0.168 e. The van der Waals surface area contributed by atoms with Gasteiger partial charge in [-0.3, -0.25) is 0 Å². The van der Waals surface area contributed by atoms with Gasteiger partial charge in [0, 0.05) is 0 Å². The molecule has 0 aliphatic carbocycles. The molecule has 2 aromatic carbocycles. The summed E-state index contributed by atoms with van der Waals surface area (Å²) in [6.07, 6.45) is 0. The molecule has 0 unspecified atom stereocenters. The number of benzene rings is 2. The van der Waals surface area contributed by atoms with E-state index in [1.165, 1.54) is 0 Å². The lowest BCUT2D eigenvalue weighted by molar-refractivity contribution is 0.477. The van der Waals surface area contributed by atoms with Gasteiger partial charge in [-0.2, -0.15) is 5.26 Å². The number of aryl methyl sites for hydroxylation is 2. The molecular formula is C15H13ClN2O. The summed E-state index contributed by atoms with van der Waals surface area (Å²) in [7, 11) is 0. The van der Waals surface area contributed by atoms with E-state index in [0.717, 1.165) is 11.1 Å². The van der Waals surface area contributed by atoms with Crippen molar-refractivity contribution in [2.45, 2.75) is 13.8 Å². The lowest BCUT2D eigenvalue weighted by atomic mass is 10.1. The Kier molecular flexibility index (Phi) is 3.64. The van der Waals surface area contributed by atoms with Crippen LogP contribution in [-0.2, 0) is 0 Å². The summed E-state index contributed by atoms with van der Waals surface area (Å²) in [4.78, 5) is 0. The molecule has 2 N–H and O–H groups in total. The van der Waals surface area contributed by atoms with Crippen molar-refractivity contribution in [3.05, 3.63) is 52.0 Å². The highest BCUT2D eigenvalue weighted by molar-refractivity contribution is 6.32. The number of rotatable bonds is 2. The van der Waals surface area contributed by atoms with E-state index < -0.39 is 0 Å². The van der Waals surface area contributed by atoms with E-state index in [1.54, 1.807) is 30.3 Å². The predicted molar refractivity (Wildman–Crippen MR) is 76.6 cm³/mol. The van der Waals surface area contributed by atoms with Gasteiger partial charge in [-0.25, -0.2) is 0 Å². The highest BCUT2D eigenvalue weighted by Crippen LogP contribution is 2.37. The summed E-state index contributed by atoms with van der Waals surface area (Å²) < 4.78 is 5.83. The quantitative estimate of drug-likeness (QED) is 0.834. The third-order valence-corrected chi connectivity index (χ3v) is 3.09. The van der Waals surface area contributed by atoms with Gasteiger partial charge < -0.3 is 10.5 Å². The van der Waals surface area contributed by atoms with E-state index in [0.29, 0.717) is 27.8 Å². The Balaban J connectivity index is 2.48. The normalized spacial score (nSPS) is 10.0. The van der Waals surface area contributed by atoms with Crippen LogP contribution in [0.25, 0.3) is 0 Å². The Morgan fingerprint density at radius 3 is 2.32 bits per heavy atom. The molecule has 0 fully saturated rings. The molecule has 0 spiro atoms. The molecular weight excluding hydrogens is 260 g/mol. The van der Waals surface area contributed by atoms with Crippen molar-refractivity contribution < 1.29 is 4.74 Å². The molecule has 0 atom stereocenters. The number of nitrogens with zero attached hydrogens (tertiary/aromatic N) is 1. The summed E-state index contributed by atoms with van der Waals surface area (Å²) in [5.41, 5.74) is 8.69. The fourth-order valence-electron chi connectivity index (χ4n) is 1.91. The monoisotopic (exact) mass is 272 g/mol. The second-order valence-electron chi connectivity index (χ2n) is 4.31. The predicted octanol–water partition coefficient (Wildman–Crippen LogP) is 4.20. The minimum atomic E-state index is 0.445. The van der Waals surface area contributed by atoms with Crippen LogP contribution in [0.1, 0.15) is 16.7 Å². The maximum Gasteiger partial charge on any atom is 0.168 e. The topological polar surface area (TPSA) is 59.0 Å². The SMILES string of the molecule is Cc1cc(C#N)cc(C)c1Oc1c(N)cccc1Cl. The van der Waals surface area contributed by atoms with Crippen LogP contribution in [0.5, 0.6) is 11.5 Å². The van der Waals surface area contributed by atoms with Crippen LogP contribution >= 0.6 is 11.6 Å². The van der Waals surface area contributed by atoms with Gasteiger partial charge in [0.2, 0.25) is 0 Å². The number of hydrogen-bond donors (Lipinski definition) is 1. The van der Waals surface area contributed by atoms with E-state index in [9.17, 15) is 0 Å². The van der Waals surface area contributed by atoms with Gasteiger partial charge >= 0.3 is 0 Å². The zero-order valence-corrected chi connectivity index (χ0v) is 11.5. The van der Waals surface area contributed by atoms with Crippen LogP contribution in [-0.4, -0.2) is 0 Å². The number of hydrogen-bond acceptors (Lipinski definition) is 3. The molecule has 0 aliphatic rings. The van der Waals surface area contributed by atoms with Crippen LogP contribution in [0.4, 0.5) is 5.69 Å². The molecule has 0 saturated carbocycles. The van der Waals surface area contributed by atoms with Gasteiger partial charge in [0.25, 0.3) is 0 Å². The van der Waals surface area contributed by atoms with Gasteiger partial charge in [0.05, 0.1) is 22.3 Å². The number of nitrogens with two attached hydrogens (primary N) is 1. The Morgan fingerprint density at radius 2 is 1.79 bits per heavy atom. The molecule has 0 radical (unpaired) electrons. The van der Waals surface area contributed by atoms with Crippen molar-refractivity contribution in [1.82, 2.24) is 0 Å². The lowest BCUT2D eigenvalue weighted by Crippen LogP contribution is -1.96. The molecule has 3 nitrogen and oxygen atoms in total. The van der Waals surface area contributed by atoms with Crippen molar-refractivity contribution in [1.29, 1.82) is 5.26 Å². The third kappa shape index (κ3) is 2.64. The minimum absolute atomic E-state index is 0.445. The summed E-state index contributed by atoms with van der Waals surface area (Å²) >= 11 is 6.09. The zero-order chi connectivity index (χ0) is 14.0. The van der Waals surface area contributed by atoms with Crippen LogP contribution < -0.4 is 10.5 Å². The number of nitrogen functional groups attached to an aromatic ring is 1. The van der Waals surface area contributed by atoms with E-state index in [4.69, 9.17) is 27.3 Å². The van der Waals surface area contributed by atoms with Gasteiger partial charge in [0.15, 0.2) is 5.75 Å². The van der Waals surface area contributed by atoms with E-state index >= 15 is 0 Å². The maximum atomic E-state index is 8.92. The van der Waals surface area contributed by atoms with Crippen molar-refractivity contribution in [3.8, 4) is 17.6 Å². The largest absolute Gasteiger partial charge is 0.453 e. The van der Waals surface area contributed by atoms with E-state index in [2.05, 4.69) is 6.07 Å². The maximum absolute atomic E-state index is 8.92. The van der Waals surface area contributed by atoms with Gasteiger partial charge in [0.1, 0.15) is 5.75 Å². The average molecular weight is 273 g/mol. The van der Waals surface area contributed by atoms with Gasteiger partial charge in [-0.05, 0) is 49.2 Å². The molecule has 0 amide bonds. The first kappa shape index (κ1) is 13.3. The second-order valence-corrected chi connectivity index (χ2v) is 4.72. The van der Waals surface area contributed by atoms with Crippen molar-refractivity contribution >= 4 is 17.3 Å². The molecule has 0 heterocycles. The van der Waals surface area contributed by atoms with Crippen molar-refractivity contribution in [2.75, 3.05) is 5.73 Å². The number of para-hydroxylation sites is 1. The van der Waals surface area contributed by atoms with Gasteiger partial charge in [-0.15, -0.1) is 0 Å². The first-order valence-corrected chi connectivity index (χ1v) is 6.14. The molecule has 0 saturated heterocycles. The number of nitriles is 1. The molecule has 2 aromatic rings. The van der Waals surface area contributed by atoms with Crippen LogP contribution in [0.2, 0.25) is 5.02 Å². The summed E-state index contributed by atoms with van der Waals surface area (Å²) in [6, 6.07) is 10.9. The summed E-state index contributed by atoms with van der Waals surface area (Å²) in [5.74, 6) is 1.12. The van der Waals surface area contributed by atoms with Crippen LogP contribution in [0.15, 0.2) is 30.3 Å². The Morgan fingerprint density at radius 1 is 1.16 bits per heavy atom. The third-order valence-electron chi connectivity index (χ3n) is 2.79. The molecule has 19 heavy (non-hydrogen) atoms. The fourth-order valence-corrected chi connectivity index (χ4v) is 2.13. The number of anilines is 1. The van der Waals surface area contributed by atoms with Crippen LogP contribution in [0, 0.1) is 25.2 Å². The Hall–Kier alpha value is -2.18. The number of halogens is 1. The summed E-state index contributed by atoms with van der Waals surface area (Å²) in [6.45, 7) is 3.77. The average Bonchev–Trinajstić information content (AvgIpc) is 2.36. The summed E-state index contributed by atoms with van der Waals surface area (Å²) in [5, 5.41) is 9.38. The van der Waals surface area contributed by atoms with Crippen molar-refractivity contribution in [2.24, 2.45) is 0 Å². The molecule has 96 valence electrons. The first-order valence-electron chi connectivity index (χ1n) is 5.76. The van der Waals surface area contributed by atoms with E-state index in [-0.39, 0.29) is 0 Å². The van der Waals surface area contributed by atoms with Gasteiger partial charge in [-0.1, -0.05) is 17.7 Å². The highest BCUT2D eigenvalue weighted by Gasteiger charge is 2.12. The highest BCUT2D eigenvalue weighted by atomic mass is 35.5. The molecule has 0 aliphatic heterocycles. The minimum Gasteiger partial charge on any atom is -0.453 e. The fraction of sp³-hybridized carbons (Fsp3) is 0.133. The zero-order valence-electron chi connectivity index (χ0n) is 10.7. The lowest BCUT2D eigenvalue weighted by Gasteiger charge is -2.14. The molecule has 4 heteroatoms. The van der Waals surface area contributed by atoms with E-state index in [1.807, 2.05) is 13.8 Å². The van der Waals surface area contributed by atoms with Crippen molar-refractivity contribution in [3.63, 3.8) is 0 Å². The standard InChI is InChI=1S/C15H13ClN2O/c1-9-6-11(8-17)7-10(2)14(9)19-15-12(16)4-3-5-13(15)18/h3-7H,18H2,1-2H3. The molecule has 0 bridgehead atoms. The molecule has 2 rings (SSSR count). The Labute approximate surface area is 117 Å². The number of ether oxygens (including phenoxy) is 1. The molecule has 0 aromatic heterocycles.